The number of thioether (sulfide) groups is 1. The smallest absolute Gasteiger partial charge is 0.255 e. The minimum atomic E-state index is -0.127. The maximum atomic E-state index is 12.3. The molecule has 3 nitrogen and oxygen atoms in total. The first-order valence-corrected chi connectivity index (χ1v) is 7.66. The Bertz CT molecular complexity index is 599. The largest absolute Gasteiger partial charge is 0.495 e. The van der Waals surface area contributed by atoms with Crippen LogP contribution >= 0.6 is 11.8 Å². The van der Waals surface area contributed by atoms with Crippen molar-refractivity contribution in [2.75, 3.05) is 18.7 Å². The highest BCUT2D eigenvalue weighted by atomic mass is 32.2. The lowest BCUT2D eigenvalue weighted by Crippen LogP contribution is -2.12. The monoisotopic (exact) mass is 287 g/mol. The van der Waals surface area contributed by atoms with Gasteiger partial charge in [-0.05, 0) is 36.1 Å². The first-order chi connectivity index (χ1) is 9.74. The number of anilines is 1. The molecule has 0 aliphatic carbocycles. The summed E-state index contributed by atoms with van der Waals surface area (Å²) in [4.78, 5) is 12.3. The van der Waals surface area contributed by atoms with Crippen LogP contribution in [0.5, 0.6) is 5.75 Å². The molecule has 0 bridgehead atoms. The van der Waals surface area contributed by atoms with Gasteiger partial charge in [0.25, 0.3) is 5.91 Å². The predicted octanol–water partition coefficient (Wildman–Crippen LogP) is 3.81. The van der Waals surface area contributed by atoms with Gasteiger partial charge in [0.15, 0.2) is 0 Å². The Morgan fingerprint density at radius 3 is 2.75 bits per heavy atom. The quantitative estimate of drug-likeness (QED) is 0.908. The minimum Gasteiger partial charge on any atom is -0.495 e. The van der Waals surface area contributed by atoms with Crippen molar-refractivity contribution >= 4 is 23.4 Å². The molecule has 0 saturated carbocycles. The lowest BCUT2D eigenvalue weighted by atomic mass is 10.1. The van der Waals surface area contributed by atoms with Crippen LogP contribution in [0.1, 0.15) is 15.9 Å². The molecule has 1 N–H and O–H groups in total. The molecular weight excluding hydrogens is 270 g/mol. The zero-order chi connectivity index (χ0) is 14.4. The van der Waals surface area contributed by atoms with E-state index in [1.54, 1.807) is 18.9 Å². The number of carbonyl (C=O) groups excluding carboxylic acids is 1. The maximum Gasteiger partial charge on any atom is 0.255 e. The summed E-state index contributed by atoms with van der Waals surface area (Å²) in [7, 11) is 1.59. The van der Waals surface area contributed by atoms with Crippen LogP contribution < -0.4 is 10.1 Å². The number of para-hydroxylation sites is 2. The number of hydrogen-bond donors (Lipinski definition) is 1. The SMILES string of the molecule is COc1ccccc1NC(=O)c1cccc(CSC)c1. The molecule has 0 aliphatic rings. The fourth-order valence-electron chi connectivity index (χ4n) is 1.91. The van der Waals surface area contributed by atoms with Gasteiger partial charge in [-0.1, -0.05) is 24.3 Å². The van der Waals surface area contributed by atoms with Gasteiger partial charge in [0.2, 0.25) is 0 Å². The fourth-order valence-corrected chi connectivity index (χ4v) is 2.42. The number of carbonyl (C=O) groups is 1. The van der Waals surface area contributed by atoms with Crippen molar-refractivity contribution in [2.45, 2.75) is 5.75 Å². The average molecular weight is 287 g/mol. The van der Waals surface area contributed by atoms with E-state index < -0.39 is 0 Å². The summed E-state index contributed by atoms with van der Waals surface area (Å²) in [5.41, 5.74) is 2.47. The second-order valence-electron chi connectivity index (χ2n) is 4.29. The normalized spacial score (nSPS) is 10.1. The van der Waals surface area contributed by atoms with E-state index in [0.717, 1.165) is 11.3 Å². The molecule has 104 valence electrons. The second-order valence-corrected chi connectivity index (χ2v) is 5.15. The zero-order valence-electron chi connectivity index (χ0n) is 11.6. The van der Waals surface area contributed by atoms with Gasteiger partial charge in [0.05, 0.1) is 12.8 Å². The van der Waals surface area contributed by atoms with Crippen molar-refractivity contribution in [1.29, 1.82) is 0 Å². The lowest BCUT2D eigenvalue weighted by molar-refractivity contribution is 0.102. The van der Waals surface area contributed by atoms with Crippen LogP contribution in [0.15, 0.2) is 48.5 Å². The third kappa shape index (κ3) is 3.54. The zero-order valence-corrected chi connectivity index (χ0v) is 12.4. The van der Waals surface area contributed by atoms with E-state index in [0.29, 0.717) is 17.0 Å². The Kier molecular flexibility index (Phi) is 5.07. The fraction of sp³-hybridized carbons (Fsp3) is 0.188. The van der Waals surface area contributed by atoms with E-state index in [1.807, 2.05) is 54.8 Å². The molecule has 20 heavy (non-hydrogen) atoms. The molecule has 4 heteroatoms. The molecule has 0 aliphatic heterocycles. The van der Waals surface area contributed by atoms with E-state index in [4.69, 9.17) is 4.74 Å². The average Bonchev–Trinajstić information content (AvgIpc) is 2.48. The molecule has 0 spiro atoms. The first-order valence-electron chi connectivity index (χ1n) is 6.27. The number of nitrogens with one attached hydrogen (secondary N) is 1. The summed E-state index contributed by atoms with van der Waals surface area (Å²) >= 11 is 1.73. The number of hydrogen-bond acceptors (Lipinski definition) is 3. The van der Waals surface area contributed by atoms with E-state index >= 15 is 0 Å². The van der Waals surface area contributed by atoms with Crippen LogP contribution in [0, 0.1) is 0 Å². The van der Waals surface area contributed by atoms with Crippen LogP contribution in [0.25, 0.3) is 0 Å². The summed E-state index contributed by atoms with van der Waals surface area (Å²) < 4.78 is 5.23. The summed E-state index contributed by atoms with van der Waals surface area (Å²) in [5, 5.41) is 2.88. The highest BCUT2D eigenvalue weighted by Crippen LogP contribution is 2.23. The van der Waals surface area contributed by atoms with Gasteiger partial charge in [-0.15, -0.1) is 0 Å². The third-order valence-corrected chi connectivity index (χ3v) is 3.48. The molecule has 0 atom stereocenters. The first kappa shape index (κ1) is 14.5. The molecular formula is C16H17NO2S. The molecule has 2 aromatic carbocycles. The molecule has 0 aromatic heterocycles. The highest BCUT2D eigenvalue weighted by molar-refractivity contribution is 7.97. The van der Waals surface area contributed by atoms with Crippen molar-refractivity contribution in [1.82, 2.24) is 0 Å². The molecule has 0 radical (unpaired) electrons. The number of amides is 1. The van der Waals surface area contributed by atoms with E-state index in [1.165, 1.54) is 0 Å². The molecule has 2 aromatic rings. The summed E-state index contributed by atoms with van der Waals surface area (Å²) in [6.07, 6.45) is 2.04. The second kappa shape index (κ2) is 7.01. The lowest BCUT2D eigenvalue weighted by Gasteiger charge is -2.10. The number of benzene rings is 2. The summed E-state index contributed by atoms with van der Waals surface area (Å²) in [6.45, 7) is 0. The number of ether oxygens (including phenoxy) is 1. The van der Waals surface area contributed by atoms with Crippen LogP contribution in [-0.4, -0.2) is 19.3 Å². The Morgan fingerprint density at radius 1 is 1.20 bits per heavy atom. The van der Waals surface area contributed by atoms with Gasteiger partial charge in [-0.2, -0.15) is 11.8 Å². The number of methoxy groups -OCH3 is 1. The Morgan fingerprint density at radius 2 is 2.00 bits per heavy atom. The molecule has 0 heterocycles. The van der Waals surface area contributed by atoms with Gasteiger partial charge in [-0.3, -0.25) is 4.79 Å². The van der Waals surface area contributed by atoms with Crippen LogP contribution in [0.3, 0.4) is 0 Å². The third-order valence-electron chi connectivity index (χ3n) is 2.86. The van der Waals surface area contributed by atoms with Crippen molar-refractivity contribution in [3.63, 3.8) is 0 Å². The molecule has 2 rings (SSSR count). The van der Waals surface area contributed by atoms with Crippen molar-refractivity contribution in [2.24, 2.45) is 0 Å². The summed E-state index contributed by atoms with van der Waals surface area (Å²) in [5.74, 6) is 1.43. The minimum absolute atomic E-state index is 0.127. The number of rotatable bonds is 5. The molecule has 0 fully saturated rings. The Hall–Kier alpha value is -1.94. The van der Waals surface area contributed by atoms with Gasteiger partial charge in [-0.25, -0.2) is 0 Å². The van der Waals surface area contributed by atoms with Crippen molar-refractivity contribution in [3.05, 3.63) is 59.7 Å². The van der Waals surface area contributed by atoms with E-state index in [2.05, 4.69) is 5.32 Å². The topological polar surface area (TPSA) is 38.3 Å². The molecule has 1 amide bonds. The highest BCUT2D eigenvalue weighted by Gasteiger charge is 2.09. The van der Waals surface area contributed by atoms with E-state index in [-0.39, 0.29) is 5.91 Å². The van der Waals surface area contributed by atoms with Gasteiger partial charge >= 0.3 is 0 Å². The standard InChI is InChI=1S/C16H17NO2S/c1-19-15-9-4-3-8-14(15)17-16(18)13-7-5-6-12(10-13)11-20-2/h3-10H,11H2,1-2H3,(H,17,18). The Labute approximate surface area is 123 Å². The summed E-state index contributed by atoms with van der Waals surface area (Å²) in [6, 6.07) is 15.0. The van der Waals surface area contributed by atoms with Crippen molar-refractivity contribution < 1.29 is 9.53 Å². The van der Waals surface area contributed by atoms with Crippen LogP contribution in [-0.2, 0) is 5.75 Å². The predicted molar refractivity (Wildman–Crippen MR) is 84.6 cm³/mol. The van der Waals surface area contributed by atoms with Gasteiger partial charge < -0.3 is 10.1 Å². The van der Waals surface area contributed by atoms with Gasteiger partial charge in [0, 0.05) is 11.3 Å². The van der Waals surface area contributed by atoms with E-state index in [9.17, 15) is 4.79 Å². The van der Waals surface area contributed by atoms with Gasteiger partial charge in [0.1, 0.15) is 5.75 Å². The molecule has 0 unspecified atom stereocenters. The van der Waals surface area contributed by atoms with Crippen LogP contribution in [0.4, 0.5) is 5.69 Å². The maximum absolute atomic E-state index is 12.3. The van der Waals surface area contributed by atoms with Crippen molar-refractivity contribution in [3.8, 4) is 5.75 Å². The molecule has 0 saturated heterocycles. The Balaban J connectivity index is 2.17. The van der Waals surface area contributed by atoms with Crippen LogP contribution in [0.2, 0.25) is 0 Å².